The lowest BCUT2D eigenvalue weighted by atomic mass is 9.91. The van der Waals surface area contributed by atoms with Crippen molar-refractivity contribution >= 4 is 17.5 Å². The van der Waals surface area contributed by atoms with E-state index in [-0.39, 0.29) is 5.91 Å². The molecule has 2 rings (SSSR count). The normalized spacial score (nSPS) is 18.1. The number of alkyl halides is 1. The maximum atomic E-state index is 13.3. The first-order valence-electron chi connectivity index (χ1n) is 6.28. The first kappa shape index (κ1) is 14.3. The highest BCUT2D eigenvalue weighted by atomic mass is 35.5. The Bertz CT molecular complexity index is 452. The van der Waals surface area contributed by atoms with Crippen LogP contribution >= 0.6 is 11.6 Å². The van der Waals surface area contributed by atoms with Crippen molar-refractivity contribution in [1.29, 1.82) is 0 Å². The molecule has 1 aromatic rings. The molecule has 1 saturated heterocycles. The van der Waals surface area contributed by atoms with E-state index >= 15 is 0 Å². The van der Waals surface area contributed by atoms with Crippen LogP contribution < -0.4 is 5.32 Å². The Morgan fingerprint density at radius 2 is 2.11 bits per heavy atom. The van der Waals surface area contributed by atoms with Crippen molar-refractivity contribution in [3.8, 4) is 0 Å². The van der Waals surface area contributed by atoms with Gasteiger partial charge in [-0.05, 0) is 43.5 Å². The molecule has 0 aromatic heterocycles. The van der Waals surface area contributed by atoms with Gasteiger partial charge in [-0.15, -0.1) is 11.6 Å². The number of aryl methyl sites for hydroxylation is 1. The number of hydrogen-bond acceptors (Lipinski definition) is 2. The summed E-state index contributed by atoms with van der Waals surface area (Å²) in [6, 6.07) is 4.30. The summed E-state index contributed by atoms with van der Waals surface area (Å²) in [6.07, 6.45) is 1.35. The van der Waals surface area contributed by atoms with Gasteiger partial charge in [0.1, 0.15) is 5.82 Å². The molecule has 1 amide bonds. The van der Waals surface area contributed by atoms with Crippen molar-refractivity contribution < 1.29 is 13.9 Å². The standard InChI is InChI=1S/C14H17ClFNO2/c1-10-6-11(8-12(16)7-10)13(18)17-14(9-15)2-4-19-5-3-14/h6-8H,2-5,9H2,1H3,(H,17,18). The molecule has 19 heavy (non-hydrogen) atoms. The third-order valence-electron chi connectivity index (χ3n) is 3.39. The Morgan fingerprint density at radius 3 is 2.68 bits per heavy atom. The smallest absolute Gasteiger partial charge is 0.251 e. The van der Waals surface area contributed by atoms with Gasteiger partial charge in [0.05, 0.1) is 5.54 Å². The van der Waals surface area contributed by atoms with Crippen LogP contribution in [0.25, 0.3) is 0 Å². The zero-order valence-electron chi connectivity index (χ0n) is 10.8. The van der Waals surface area contributed by atoms with Crippen molar-refractivity contribution in [2.75, 3.05) is 19.1 Å². The third-order valence-corrected chi connectivity index (χ3v) is 3.90. The summed E-state index contributed by atoms with van der Waals surface area (Å²) in [5.74, 6) is -0.363. The van der Waals surface area contributed by atoms with Crippen LogP contribution in [0, 0.1) is 12.7 Å². The van der Waals surface area contributed by atoms with Gasteiger partial charge in [0.25, 0.3) is 5.91 Å². The van der Waals surface area contributed by atoms with E-state index in [4.69, 9.17) is 16.3 Å². The minimum absolute atomic E-state index is 0.287. The maximum absolute atomic E-state index is 13.3. The predicted molar refractivity (Wildman–Crippen MR) is 72.1 cm³/mol. The monoisotopic (exact) mass is 285 g/mol. The van der Waals surface area contributed by atoms with Gasteiger partial charge in [-0.25, -0.2) is 4.39 Å². The maximum Gasteiger partial charge on any atom is 0.251 e. The number of amides is 1. The van der Waals surface area contributed by atoms with Crippen molar-refractivity contribution in [3.63, 3.8) is 0 Å². The molecule has 0 bridgehead atoms. The second kappa shape index (κ2) is 5.88. The topological polar surface area (TPSA) is 38.3 Å². The summed E-state index contributed by atoms with van der Waals surface area (Å²) in [6.45, 7) is 2.91. The second-order valence-corrected chi connectivity index (χ2v) is 5.26. The summed E-state index contributed by atoms with van der Waals surface area (Å²) in [5, 5.41) is 2.94. The Hall–Kier alpha value is -1.13. The molecule has 5 heteroatoms. The highest BCUT2D eigenvalue weighted by Gasteiger charge is 2.33. The zero-order chi connectivity index (χ0) is 13.9. The number of hydrogen-bond donors (Lipinski definition) is 1. The Morgan fingerprint density at radius 1 is 1.42 bits per heavy atom. The summed E-state index contributed by atoms with van der Waals surface area (Å²) in [5.41, 5.74) is 0.599. The second-order valence-electron chi connectivity index (χ2n) is 5.00. The molecule has 1 fully saturated rings. The number of benzene rings is 1. The molecule has 0 spiro atoms. The Balaban J connectivity index is 2.15. The van der Waals surface area contributed by atoms with E-state index in [0.717, 1.165) is 5.56 Å². The van der Waals surface area contributed by atoms with Crippen LogP contribution in [-0.2, 0) is 4.74 Å². The van der Waals surface area contributed by atoms with Crippen molar-refractivity contribution in [2.24, 2.45) is 0 Å². The van der Waals surface area contributed by atoms with E-state index in [2.05, 4.69) is 5.32 Å². The lowest BCUT2D eigenvalue weighted by Gasteiger charge is -2.36. The van der Waals surface area contributed by atoms with E-state index < -0.39 is 11.4 Å². The van der Waals surface area contributed by atoms with Crippen LogP contribution in [0.1, 0.15) is 28.8 Å². The van der Waals surface area contributed by atoms with Gasteiger partial charge in [-0.1, -0.05) is 0 Å². The molecule has 1 aliphatic rings. The lowest BCUT2D eigenvalue weighted by Crippen LogP contribution is -2.53. The predicted octanol–water partition coefficient (Wildman–Crippen LogP) is 2.65. The van der Waals surface area contributed by atoms with Crippen molar-refractivity contribution in [3.05, 3.63) is 35.1 Å². The molecule has 0 radical (unpaired) electrons. The molecule has 104 valence electrons. The van der Waals surface area contributed by atoms with E-state index in [1.54, 1.807) is 13.0 Å². The largest absolute Gasteiger partial charge is 0.381 e. The van der Waals surface area contributed by atoms with Crippen LogP contribution in [0.3, 0.4) is 0 Å². The van der Waals surface area contributed by atoms with Crippen molar-refractivity contribution in [2.45, 2.75) is 25.3 Å². The molecular weight excluding hydrogens is 269 g/mol. The van der Waals surface area contributed by atoms with Gasteiger partial charge in [0.2, 0.25) is 0 Å². The zero-order valence-corrected chi connectivity index (χ0v) is 11.6. The van der Waals surface area contributed by atoms with Crippen LogP contribution in [0.5, 0.6) is 0 Å². The number of carbonyl (C=O) groups excluding carboxylic acids is 1. The molecule has 0 unspecified atom stereocenters. The molecule has 1 N–H and O–H groups in total. The first-order chi connectivity index (χ1) is 9.04. The highest BCUT2D eigenvalue weighted by Crippen LogP contribution is 2.23. The molecule has 0 aliphatic carbocycles. The Labute approximate surface area is 117 Å². The van der Waals surface area contributed by atoms with E-state index in [1.165, 1.54) is 12.1 Å². The number of rotatable bonds is 3. The average Bonchev–Trinajstić information content (AvgIpc) is 2.38. The number of ether oxygens (including phenoxy) is 1. The van der Waals surface area contributed by atoms with Gasteiger partial charge >= 0.3 is 0 Å². The molecule has 1 aromatic carbocycles. The van der Waals surface area contributed by atoms with Gasteiger partial charge in [0.15, 0.2) is 0 Å². The van der Waals surface area contributed by atoms with E-state index in [0.29, 0.717) is 37.5 Å². The van der Waals surface area contributed by atoms with Gasteiger partial charge in [-0.3, -0.25) is 4.79 Å². The lowest BCUT2D eigenvalue weighted by molar-refractivity contribution is 0.0433. The molecule has 0 atom stereocenters. The van der Waals surface area contributed by atoms with E-state index in [9.17, 15) is 9.18 Å². The van der Waals surface area contributed by atoms with E-state index in [1.807, 2.05) is 0 Å². The van der Waals surface area contributed by atoms with Gasteiger partial charge < -0.3 is 10.1 Å². The van der Waals surface area contributed by atoms with Gasteiger partial charge in [-0.2, -0.15) is 0 Å². The van der Waals surface area contributed by atoms with Crippen LogP contribution in [0.15, 0.2) is 18.2 Å². The summed E-state index contributed by atoms with van der Waals surface area (Å²) >= 11 is 5.99. The molecule has 1 heterocycles. The highest BCUT2D eigenvalue weighted by molar-refractivity contribution is 6.19. The summed E-state index contributed by atoms with van der Waals surface area (Å²) < 4.78 is 18.6. The fourth-order valence-electron chi connectivity index (χ4n) is 2.23. The SMILES string of the molecule is Cc1cc(F)cc(C(=O)NC2(CCl)CCOCC2)c1. The van der Waals surface area contributed by atoms with Crippen LogP contribution in [0.2, 0.25) is 0 Å². The fraction of sp³-hybridized carbons (Fsp3) is 0.500. The molecule has 3 nitrogen and oxygen atoms in total. The quantitative estimate of drug-likeness (QED) is 0.867. The number of carbonyl (C=O) groups is 1. The molecular formula is C14H17ClFNO2. The molecule has 0 saturated carbocycles. The molecule has 1 aliphatic heterocycles. The van der Waals surface area contributed by atoms with Gasteiger partial charge in [0, 0.05) is 24.7 Å². The minimum atomic E-state index is -0.447. The number of nitrogens with one attached hydrogen (secondary N) is 1. The Kier molecular flexibility index (Phi) is 4.42. The van der Waals surface area contributed by atoms with Crippen molar-refractivity contribution in [1.82, 2.24) is 5.32 Å². The van der Waals surface area contributed by atoms with Crippen LogP contribution in [-0.4, -0.2) is 30.5 Å². The minimum Gasteiger partial charge on any atom is -0.381 e. The van der Waals surface area contributed by atoms with Crippen LogP contribution in [0.4, 0.5) is 4.39 Å². The average molecular weight is 286 g/mol. The summed E-state index contributed by atoms with van der Waals surface area (Å²) in [4.78, 5) is 12.2. The fourth-order valence-corrected chi connectivity index (χ4v) is 2.57. The third kappa shape index (κ3) is 3.45. The number of halogens is 2. The first-order valence-corrected chi connectivity index (χ1v) is 6.81. The summed E-state index contributed by atoms with van der Waals surface area (Å²) in [7, 11) is 0.